The first-order chi connectivity index (χ1) is 13.2. The van der Waals surface area contributed by atoms with Crippen LogP contribution >= 0.6 is 0 Å². The van der Waals surface area contributed by atoms with Crippen LogP contribution in [0.1, 0.15) is 5.56 Å². The third-order valence-corrected chi connectivity index (χ3v) is 3.96. The van der Waals surface area contributed by atoms with Crippen LogP contribution in [0.5, 0.6) is 17.2 Å². The number of carbonyl (C=O) groups excluding carboxylic acids is 1. The highest BCUT2D eigenvalue weighted by molar-refractivity contribution is 6.02. The van der Waals surface area contributed by atoms with E-state index in [1.807, 2.05) is 48.5 Å². The van der Waals surface area contributed by atoms with Gasteiger partial charge in [-0.25, -0.2) is 5.43 Å². The molecule has 6 nitrogen and oxygen atoms in total. The van der Waals surface area contributed by atoms with Gasteiger partial charge in [-0.2, -0.15) is 5.10 Å². The molecule has 0 aliphatic carbocycles. The topological polar surface area (TPSA) is 69.2 Å². The van der Waals surface area contributed by atoms with E-state index < -0.39 is 0 Å². The molecule has 0 bridgehead atoms. The number of para-hydroxylation sites is 2. The van der Waals surface area contributed by atoms with Crippen molar-refractivity contribution in [2.45, 2.75) is 0 Å². The molecule has 0 aliphatic heterocycles. The fraction of sp³-hybridized carbons (Fsp3) is 0.143. The highest BCUT2D eigenvalue weighted by atomic mass is 16.5. The number of benzene rings is 3. The van der Waals surface area contributed by atoms with Gasteiger partial charge in [0.05, 0.1) is 20.4 Å². The highest BCUT2D eigenvalue weighted by Crippen LogP contribution is 2.27. The summed E-state index contributed by atoms with van der Waals surface area (Å²) < 4.78 is 16.0. The van der Waals surface area contributed by atoms with Gasteiger partial charge in [0.2, 0.25) is 0 Å². The number of hydrogen-bond donors (Lipinski definition) is 1. The Bertz CT molecular complexity index is 969. The number of ether oxygens (including phenoxy) is 3. The van der Waals surface area contributed by atoms with E-state index >= 15 is 0 Å². The van der Waals surface area contributed by atoms with Gasteiger partial charge in [0.25, 0.3) is 5.91 Å². The van der Waals surface area contributed by atoms with Gasteiger partial charge in [-0.05, 0) is 29.7 Å². The molecule has 0 radical (unpaired) electrons. The van der Waals surface area contributed by atoms with Crippen molar-refractivity contribution >= 4 is 22.9 Å². The van der Waals surface area contributed by atoms with Gasteiger partial charge in [-0.15, -0.1) is 0 Å². The molecule has 3 aromatic carbocycles. The van der Waals surface area contributed by atoms with E-state index in [1.54, 1.807) is 32.6 Å². The SMILES string of the molecule is COc1ccccc1OCC(=O)N/N=C/c1ccc(OC)c2ccccc12. The summed E-state index contributed by atoms with van der Waals surface area (Å²) in [5.74, 6) is 1.49. The normalized spacial score (nSPS) is 10.7. The van der Waals surface area contributed by atoms with E-state index in [0.29, 0.717) is 11.5 Å². The van der Waals surface area contributed by atoms with E-state index in [0.717, 1.165) is 22.1 Å². The Balaban J connectivity index is 1.64. The van der Waals surface area contributed by atoms with E-state index in [2.05, 4.69) is 10.5 Å². The molecule has 3 aromatic rings. The van der Waals surface area contributed by atoms with E-state index in [-0.39, 0.29) is 12.5 Å². The molecule has 27 heavy (non-hydrogen) atoms. The number of hydrazone groups is 1. The molecule has 0 saturated carbocycles. The lowest BCUT2D eigenvalue weighted by Crippen LogP contribution is -2.24. The van der Waals surface area contributed by atoms with Crippen LogP contribution < -0.4 is 19.6 Å². The molecule has 6 heteroatoms. The van der Waals surface area contributed by atoms with Crippen molar-refractivity contribution in [1.29, 1.82) is 0 Å². The Hall–Kier alpha value is -3.54. The predicted octanol–water partition coefficient (Wildman–Crippen LogP) is 3.39. The fourth-order valence-electron chi connectivity index (χ4n) is 2.67. The van der Waals surface area contributed by atoms with Crippen molar-refractivity contribution in [2.75, 3.05) is 20.8 Å². The lowest BCUT2D eigenvalue weighted by Gasteiger charge is -2.09. The summed E-state index contributed by atoms with van der Waals surface area (Å²) in [6.45, 7) is -0.166. The summed E-state index contributed by atoms with van der Waals surface area (Å²) in [6, 6.07) is 18.7. The summed E-state index contributed by atoms with van der Waals surface area (Å²) >= 11 is 0. The lowest BCUT2D eigenvalue weighted by atomic mass is 10.0. The van der Waals surface area contributed by atoms with Crippen LogP contribution in [0, 0.1) is 0 Å². The standard InChI is InChI=1S/C21H20N2O4/c1-25-18-12-11-15(16-7-3-4-8-17(16)18)13-22-23-21(24)14-27-20-10-6-5-9-19(20)26-2/h3-13H,14H2,1-2H3,(H,23,24)/b22-13+. The van der Waals surface area contributed by atoms with Crippen LogP contribution in [-0.2, 0) is 4.79 Å². The monoisotopic (exact) mass is 364 g/mol. The summed E-state index contributed by atoms with van der Waals surface area (Å²) in [7, 11) is 3.18. The van der Waals surface area contributed by atoms with Crippen LogP contribution in [0.3, 0.4) is 0 Å². The molecule has 0 aliphatic rings. The maximum absolute atomic E-state index is 12.0. The van der Waals surface area contributed by atoms with E-state index in [4.69, 9.17) is 14.2 Å². The Morgan fingerprint density at radius 1 is 0.889 bits per heavy atom. The molecule has 3 rings (SSSR count). The highest BCUT2D eigenvalue weighted by Gasteiger charge is 2.07. The summed E-state index contributed by atoms with van der Waals surface area (Å²) in [4.78, 5) is 12.0. The van der Waals surface area contributed by atoms with Crippen molar-refractivity contribution in [2.24, 2.45) is 5.10 Å². The zero-order valence-electron chi connectivity index (χ0n) is 15.1. The van der Waals surface area contributed by atoms with Crippen molar-refractivity contribution in [3.05, 3.63) is 66.2 Å². The molecule has 0 saturated heterocycles. The van der Waals surface area contributed by atoms with Crippen LogP contribution in [-0.4, -0.2) is 32.9 Å². The maximum Gasteiger partial charge on any atom is 0.277 e. The molecular formula is C21H20N2O4. The van der Waals surface area contributed by atoms with E-state index in [1.165, 1.54) is 0 Å². The Morgan fingerprint density at radius 2 is 1.56 bits per heavy atom. The van der Waals surface area contributed by atoms with Crippen LogP contribution in [0.2, 0.25) is 0 Å². The van der Waals surface area contributed by atoms with Gasteiger partial charge >= 0.3 is 0 Å². The Morgan fingerprint density at radius 3 is 2.30 bits per heavy atom. The lowest BCUT2D eigenvalue weighted by molar-refractivity contribution is -0.123. The summed E-state index contributed by atoms with van der Waals surface area (Å²) in [6.07, 6.45) is 1.60. The number of nitrogens with zero attached hydrogens (tertiary/aromatic N) is 1. The largest absolute Gasteiger partial charge is 0.496 e. The number of rotatable bonds is 7. The third kappa shape index (κ3) is 4.36. The molecule has 0 aromatic heterocycles. The summed E-state index contributed by atoms with van der Waals surface area (Å²) in [5.41, 5.74) is 3.34. The average molecular weight is 364 g/mol. The molecule has 0 unspecified atom stereocenters. The number of carbonyl (C=O) groups is 1. The molecule has 1 amide bonds. The van der Waals surface area contributed by atoms with Crippen LogP contribution in [0.25, 0.3) is 10.8 Å². The minimum atomic E-state index is -0.366. The number of hydrogen-bond acceptors (Lipinski definition) is 5. The number of amides is 1. The average Bonchev–Trinajstić information content (AvgIpc) is 2.72. The maximum atomic E-state index is 12.0. The van der Waals surface area contributed by atoms with Gasteiger partial charge in [0, 0.05) is 10.9 Å². The van der Waals surface area contributed by atoms with Crippen molar-refractivity contribution in [3.63, 3.8) is 0 Å². The minimum absolute atomic E-state index is 0.166. The zero-order chi connectivity index (χ0) is 19.1. The first-order valence-corrected chi connectivity index (χ1v) is 8.36. The third-order valence-electron chi connectivity index (χ3n) is 3.96. The second-order valence-corrected chi connectivity index (χ2v) is 5.64. The fourth-order valence-corrected chi connectivity index (χ4v) is 2.67. The van der Waals surface area contributed by atoms with Gasteiger partial charge in [-0.1, -0.05) is 36.4 Å². The van der Waals surface area contributed by atoms with Gasteiger partial charge < -0.3 is 14.2 Å². The number of methoxy groups -OCH3 is 2. The van der Waals surface area contributed by atoms with Crippen LogP contribution in [0.15, 0.2) is 65.8 Å². The molecular weight excluding hydrogens is 344 g/mol. The molecule has 0 spiro atoms. The van der Waals surface area contributed by atoms with E-state index in [9.17, 15) is 4.79 Å². The van der Waals surface area contributed by atoms with Crippen LogP contribution in [0.4, 0.5) is 0 Å². The first kappa shape index (κ1) is 18.3. The predicted molar refractivity (Wildman–Crippen MR) is 105 cm³/mol. The smallest absolute Gasteiger partial charge is 0.277 e. The molecule has 138 valence electrons. The molecule has 0 fully saturated rings. The van der Waals surface area contributed by atoms with Gasteiger partial charge in [0.1, 0.15) is 5.75 Å². The second-order valence-electron chi connectivity index (χ2n) is 5.64. The quantitative estimate of drug-likeness (QED) is 0.515. The van der Waals surface area contributed by atoms with Gasteiger partial charge in [0.15, 0.2) is 18.1 Å². The summed E-state index contributed by atoms with van der Waals surface area (Å²) in [5, 5.41) is 5.99. The minimum Gasteiger partial charge on any atom is -0.496 e. The van der Waals surface area contributed by atoms with Crippen molar-refractivity contribution in [3.8, 4) is 17.2 Å². The zero-order valence-corrected chi connectivity index (χ0v) is 15.1. The van der Waals surface area contributed by atoms with Crippen molar-refractivity contribution in [1.82, 2.24) is 5.43 Å². The molecule has 1 N–H and O–H groups in total. The molecule has 0 atom stereocenters. The number of fused-ring (bicyclic) bond motifs is 1. The molecule has 0 heterocycles. The first-order valence-electron chi connectivity index (χ1n) is 8.36. The van der Waals surface area contributed by atoms with Gasteiger partial charge in [-0.3, -0.25) is 4.79 Å². The second kappa shape index (κ2) is 8.71. The Kier molecular flexibility index (Phi) is 5.89. The number of nitrogens with one attached hydrogen (secondary N) is 1. The Labute approximate surface area is 157 Å². The van der Waals surface area contributed by atoms with Crippen molar-refractivity contribution < 1.29 is 19.0 Å².